The summed E-state index contributed by atoms with van der Waals surface area (Å²) in [4.78, 5) is 4.24. The van der Waals surface area contributed by atoms with Crippen LogP contribution in [0.15, 0.2) is 18.3 Å². The zero-order valence-electron chi connectivity index (χ0n) is 9.69. The molecule has 0 aliphatic carbocycles. The lowest BCUT2D eigenvalue weighted by Crippen LogP contribution is -2.20. The van der Waals surface area contributed by atoms with Crippen LogP contribution in [0.4, 0.5) is 0 Å². The molecule has 0 amide bonds. The van der Waals surface area contributed by atoms with Crippen LogP contribution in [0.1, 0.15) is 25.1 Å². The summed E-state index contributed by atoms with van der Waals surface area (Å²) in [7, 11) is 0. The van der Waals surface area contributed by atoms with Crippen molar-refractivity contribution in [1.82, 2.24) is 4.98 Å². The minimum atomic E-state index is -0.149. The summed E-state index contributed by atoms with van der Waals surface area (Å²) < 4.78 is 10.9. The maximum atomic E-state index is 5.47. The van der Waals surface area contributed by atoms with Crippen molar-refractivity contribution in [1.29, 1.82) is 0 Å². The maximum Gasteiger partial charge on any atom is 0.161 e. The molecule has 0 unspecified atom stereocenters. The summed E-state index contributed by atoms with van der Waals surface area (Å²) in [5.41, 5.74) is 2.18. The molecule has 0 radical (unpaired) electrons. The van der Waals surface area contributed by atoms with Gasteiger partial charge in [0.15, 0.2) is 6.29 Å². The van der Waals surface area contributed by atoms with Gasteiger partial charge in [-0.3, -0.25) is 4.98 Å². The van der Waals surface area contributed by atoms with E-state index in [2.05, 4.69) is 11.1 Å². The van der Waals surface area contributed by atoms with E-state index < -0.39 is 0 Å². The van der Waals surface area contributed by atoms with Gasteiger partial charge in [0.05, 0.1) is 0 Å². The third-order valence-electron chi connectivity index (χ3n) is 2.08. The van der Waals surface area contributed by atoms with Crippen molar-refractivity contribution in [2.75, 3.05) is 13.2 Å². The van der Waals surface area contributed by atoms with Gasteiger partial charge in [0.1, 0.15) is 0 Å². The van der Waals surface area contributed by atoms with Gasteiger partial charge < -0.3 is 9.47 Å². The van der Waals surface area contributed by atoms with Crippen molar-refractivity contribution in [3.8, 4) is 0 Å². The SMILES string of the molecule is CCOC(Cc1ccc(C)nc1)OCC. The van der Waals surface area contributed by atoms with Gasteiger partial charge in [0.25, 0.3) is 0 Å². The van der Waals surface area contributed by atoms with E-state index in [0.29, 0.717) is 13.2 Å². The molecule has 3 nitrogen and oxygen atoms in total. The van der Waals surface area contributed by atoms with Gasteiger partial charge in [-0.2, -0.15) is 0 Å². The molecule has 0 saturated carbocycles. The minimum absolute atomic E-state index is 0.149. The molecular weight excluding hydrogens is 190 g/mol. The zero-order valence-corrected chi connectivity index (χ0v) is 9.69. The molecule has 3 heteroatoms. The third-order valence-corrected chi connectivity index (χ3v) is 2.08. The van der Waals surface area contributed by atoms with Gasteiger partial charge in [-0.25, -0.2) is 0 Å². The Morgan fingerprint density at radius 1 is 1.20 bits per heavy atom. The highest BCUT2D eigenvalue weighted by Gasteiger charge is 2.08. The fourth-order valence-corrected chi connectivity index (χ4v) is 1.35. The number of hydrogen-bond donors (Lipinski definition) is 0. The van der Waals surface area contributed by atoms with Crippen LogP contribution >= 0.6 is 0 Å². The van der Waals surface area contributed by atoms with Crippen molar-refractivity contribution in [3.05, 3.63) is 29.6 Å². The number of aryl methyl sites for hydroxylation is 1. The van der Waals surface area contributed by atoms with Gasteiger partial charge in [-0.1, -0.05) is 6.07 Å². The third kappa shape index (κ3) is 4.40. The predicted octanol–water partition coefficient (Wildman–Crippen LogP) is 2.33. The number of rotatable bonds is 6. The van der Waals surface area contributed by atoms with Crippen LogP contribution in [-0.4, -0.2) is 24.5 Å². The molecule has 1 rings (SSSR count). The second kappa shape index (κ2) is 6.53. The Kier molecular flexibility index (Phi) is 5.29. The molecular formula is C12H19NO2. The molecule has 0 fully saturated rings. The van der Waals surface area contributed by atoms with Gasteiger partial charge in [-0.15, -0.1) is 0 Å². The van der Waals surface area contributed by atoms with Crippen LogP contribution in [0.5, 0.6) is 0 Å². The first-order chi connectivity index (χ1) is 7.26. The van der Waals surface area contributed by atoms with Gasteiger partial charge in [-0.05, 0) is 32.4 Å². The maximum absolute atomic E-state index is 5.47. The highest BCUT2D eigenvalue weighted by Crippen LogP contribution is 2.07. The van der Waals surface area contributed by atoms with E-state index in [4.69, 9.17) is 9.47 Å². The highest BCUT2D eigenvalue weighted by atomic mass is 16.7. The monoisotopic (exact) mass is 209 g/mol. The second-order valence-electron chi connectivity index (χ2n) is 3.35. The Balaban J connectivity index is 2.53. The first kappa shape index (κ1) is 12.1. The average Bonchev–Trinajstić information content (AvgIpc) is 2.22. The number of hydrogen-bond acceptors (Lipinski definition) is 3. The normalized spacial score (nSPS) is 10.9. The van der Waals surface area contributed by atoms with Crippen molar-refractivity contribution in [3.63, 3.8) is 0 Å². The summed E-state index contributed by atoms with van der Waals surface area (Å²) in [5.74, 6) is 0. The molecule has 0 bridgehead atoms. The molecule has 0 aliphatic heterocycles. The molecule has 15 heavy (non-hydrogen) atoms. The van der Waals surface area contributed by atoms with Crippen LogP contribution in [0.2, 0.25) is 0 Å². The Morgan fingerprint density at radius 2 is 1.87 bits per heavy atom. The summed E-state index contributed by atoms with van der Waals surface area (Å²) in [5, 5.41) is 0. The van der Waals surface area contributed by atoms with E-state index in [0.717, 1.165) is 17.7 Å². The summed E-state index contributed by atoms with van der Waals surface area (Å²) in [6.45, 7) is 7.26. The summed E-state index contributed by atoms with van der Waals surface area (Å²) in [6, 6.07) is 4.07. The van der Waals surface area contributed by atoms with Gasteiger partial charge >= 0.3 is 0 Å². The Bertz CT molecular complexity index is 265. The number of nitrogens with zero attached hydrogens (tertiary/aromatic N) is 1. The Hall–Kier alpha value is -0.930. The van der Waals surface area contributed by atoms with Crippen molar-refractivity contribution in [2.45, 2.75) is 33.5 Å². The predicted molar refractivity (Wildman–Crippen MR) is 59.7 cm³/mol. The van der Waals surface area contributed by atoms with Crippen molar-refractivity contribution in [2.24, 2.45) is 0 Å². The van der Waals surface area contributed by atoms with E-state index >= 15 is 0 Å². The fourth-order valence-electron chi connectivity index (χ4n) is 1.35. The second-order valence-corrected chi connectivity index (χ2v) is 3.35. The van der Waals surface area contributed by atoms with E-state index in [1.807, 2.05) is 33.0 Å². The molecule has 0 N–H and O–H groups in total. The molecule has 0 atom stereocenters. The summed E-state index contributed by atoms with van der Waals surface area (Å²) >= 11 is 0. The Labute approximate surface area is 91.4 Å². The zero-order chi connectivity index (χ0) is 11.1. The largest absolute Gasteiger partial charge is 0.353 e. The molecule has 0 aromatic carbocycles. The van der Waals surface area contributed by atoms with Crippen LogP contribution < -0.4 is 0 Å². The molecule has 0 saturated heterocycles. The lowest BCUT2D eigenvalue weighted by atomic mass is 10.2. The number of aromatic nitrogens is 1. The number of pyridine rings is 1. The molecule has 1 heterocycles. The first-order valence-corrected chi connectivity index (χ1v) is 5.41. The minimum Gasteiger partial charge on any atom is -0.353 e. The Morgan fingerprint density at radius 3 is 2.33 bits per heavy atom. The van der Waals surface area contributed by atoms with Crippen LogP contribution in [0, 0.1) is 6.92 Å². The van der Waals surface area contributed by atoms with E-state index in [9.17, 15) is 0 Å². The smallest absolute Gasteiger partial charge is 0.161 e. The quantitative estimate of drug-likeness (QED) is 0.674. The molecule has 0 spiro atoms. The lowest BCUT2D eigenvalue weighted by Gasteiger charge is -2.16. The molecule has 0 aliphatic rings. The lowest BCUT2D eigenvalue weighted by molar-refractivity contribution is -0.134. The number of ether oxygens (including phenoxy) is 2. The molecule has 1 aromatic heterocycles. The van der Waals surface area contributed by atoms with Crippen molar-refractivity contribution < 1.29 is 9.47 Å². The molecule has 84 valence electrons. The average molecular weight is 209 g/mol. The van der Waals surface area contributed by atoms with E-state index in [1.54, 1.807) is 0 Å². The topological polar surface area (TPSA) is 31.4 Å². The first-order valence-electron chi connectivity index (χ1n) is 5.41. The van der Waals surface area contributed by atoms with E-state index in [-0.39, 0.29) is 6.29 Å². The standard InChI is InChI=1S/C12H19NO2/c1-4-14-12(15-5-2)8-11-7-6-10(3)13-9-11/h6-7,9,12H,4-5,8H2,1-3H3. The van der Waals surface area contributed by atoms with Crippen LogP contribution in [0.25, 0.3) is 0 Å². The van der Waals surface area contributed by atoms with Gasteiger partial charge in [0, 0.05) is 31.5 Å². The fraction of sp³-hybridized carbons (Fsp3) is 0.583. The van der Waals surface area contributed by atoms with Crippen LogP contribution in [0.3, 0.4) is 0 Å². The highest BCUT2D eigenvalue weighted by molar-refractivity contribution is 5.13. The van der Waals surface area contributed by atoms with Crippen LogP contribution in [-0.2, 0) is 15.9 Å². The van der Waals surface area contributed by atoms with Crippen molar-refractivity contribution >= 4 is 0 Å². The molecule has 1 aromatic rings. The summed E-state index contributed by atoms with van der Waals surface area (Å²) in [6.07, 6.45) is 2.49. The van der Waals surface area contributed by atoms with Gasteiger partial charge in [0.2, 0.25) is 0 Å². The van der Waals surface area contributed by atoms with E-state index in [1.165, 1.54) is 0 Å².